The van der Waals surface area contributed by atoms with Gasteiger partial charge in [-0.3, -0.25) is 9.78 Å². The van der Waals surface area contributed by atoms with E-state index in [1.165, 1.54) is 0 Å². The Morgan fingerprint density at radius 3 is 2.52 bits per heavy atom. The maximum absolute atomic E-state index is 11.9. The van der Waals surface area contributed by atoms with E-state index in [4.69, 9.17) is 0 Å². The monoisotopic (exact) mass is 313 g/mol. The van der Waals surface area contributed by atoms with Gasteiger partial charge in [0.25, 0.3) is 0 Å². The van der Waals surface area contributed by atoms with Crippen molar-refractivity contribution >= 4 is 11.9 Å². The summed E-state index contributed by atoms with van der Waals surface area (Å²) in [6.45, 7) is 0.806. The average molecular weight is 313 g/mol. The summed E-state index contributed by atoms with van der Waals surface area (Å²) in [5, 5.41) is 15.5. The van der Waals surface area contributed by atoms with Crippen molar-refractivity contribution in [2.75, 3.05) is 0 Å². The van der Waals surface area contributed by atoms with Crippen molar-refractivity contribution in [1.82, 2.24) is 10.3 Å². The molecule has 1 aromatic heterocycles. The molecule has 1 heterocycles. The molecule has 0 aliphatic rings. The Bertz CT molecular complexity index is 632. The van der Waals surface area contributed by atoms with Crippen LogP contribution in [0, 0.1) is 0 Å². The van der Waals surface area contributed by atoms with Gasteiger partial charge in [0.2, 0.25) is 5.91 Å². The summed E-state index contributed by atoms with van der Waals surface area (Å²) in [4.78, 5) is 27.1. The van der Waals surface area contributed by atoms with Crippen molar-refractivity contribution in [1.29, 1.82) is 0 Å². The van der Waals surface area contributed by atoms with Crippen molar-refractivity contribution in [2.45, 2.75) is 25.6 Å². The van der Waals surface area contributed by atoms with Crippen LogP contribution in [0.5, 0.6) is 0 Å². The Morgan fingerprint density at radius 2 is 1.87 bits per heavy atom. The fourth-order valence-corrected chi connectivity index (χ4v) is 2.13. The number of pyridine rings is 1. The van der Waals surface area contributed by atoms with E-state index in [9.17, 15) is 14.7 Å². The maximum Gasteiger partial charge on any atom is 0.226 e. The molecule has 6 heteroatoms. The van der Waals surface area contributed by atoms with Gasteiger partial charge in [-0.05, 0) is 11.6 Å². The molecular formula is C17H19N3O3. The van der Waals surface area contributed by atoms with Crippen molar-refractivity contribution in [3.63, 3.8) is 0 Å². The molecule has 1 aromatic carbocycles. The van der Waals surface area contributed by atoms with Gasteiger partial charge in [0.1, 0.15) is 12.6 Å². The first-order chi connectivity index (χ1) is 11.1. The first-order valence-corrected chi connectivity index (χ1v) is 7.39. The number of amides is 1. The zero-order valence-corrected chi connectivity index (χ0v) is 12.6. The number of hydrogen-bond acceptors (Lipinski definition) is 4. The topological polar surface area (TPSA) is 98.7 Å². The maximum atomic E-state index is 11.9. The normalized spacial score (nSPS) is 11.7. The van der Waals surface area contributed by atoms with Gasteiger partial charge in [0.05, 0.1) is 12.4 Å². The number of aliphatic carboxylic acids is 1. The molecular weight excluding hydrogens is 294 g/mol. The van der Waals surface area contributed by atoms with Crippen molar-refractivity contribution in [3.05, 3.63) is 66.0 Å². The number of carboxylic acids is 1. The summed E-state index contributed by atoms with van der Waals surface area (Å²) in [5.41, 5.74) is 1.86. The minimum Gasteiger partial charge on any atom is -0.544 e. The van der Waals surface area contributed by atoms with E-state index in [0.717, 1.165) is 11.1 Å². The first kappa shape index (κ1) is 16.6. The Labute approximate surface area is 134 Å². The molecule has 0 spiro atoms. The number of nitrogens with two attached hydrogens (primary N) is 1. The SMILES string of the molecule is O=C(C[C@@H]([NH2+]Cc1cccnc1)C(=O)[O-])NCc1ccccc1. The number of aromatic nitrogens is 1. The summed E-state index contributed by atoms with van der Waals surface area (Å²) in [6, 6.07) is 12.2. The van der Waals surface area contributed by atoms with E-state index in [0.29, 0.717) is 13.1 Å². The van der Waals surface area contributed by atoms with Crippen LogP contribution >= 0.6 is 0 Å². The number of carbonyl (C=O) groups excluding carboxylic acids is 2. The Morgan fingerprint density at radius 1 is 1.13 bits per heavy atom. The van der Waals surface area contributed by atoms with Gasteiger partial charge in [0, 0.05) is 24.5 Å². The van der Waals surface area contributed by atoms with E-state index in [-0.39, 0.29) is 12.3 Å². The molecule has 1 atom stereocenters. The van der Waals surface area contributed by atoms with E-state index >= 15 is 0 Å². The zero-order chi connectivity index (χ0) is 16.5. The average Bonchev–Trinajstić information content (AvgIpc) is 2.58. The van der Waals surface area contributed by atoms with E-state index in [1.807, 2.05) is 36.4 Å². The lowest BCUT2D eigenvalue weighted by Gasteiger charge is -2.16. The van der Waals surface area contributed by atoms with Gasteiger partial charge in [-0.1, -0.05) is 36.4 Å². The van der Waals surface area contributed by atoms with E-state index < -0.39 is 12.0 Å². The van der Waals surface area contributed by atoms with Crippen LogP contribution in [0.1, 0.15) is 17.5 Å². The van der Waals surface area contributed by atoms with Gasteiger partial charge in [-0.2, -0.15) is 0 Å². The predicted molar refractivity (Wildman–Crippen MR) is 81.6 cm³/mol. The van der Waals surface area contributed by atoms with E-state index in [2.05, 4.69) is 10.3 Å². The second-order valence-corrected chi connectivity index (χ2v) is 5.19. The fraction of sp³-hybridized carbons (Fsp3) is 0.235. The lowest BCUT2D eigenvalue weighted by Crippen LogP contribution is -2.92. The molecule has 0 aliphatic heterocycles. The second-order valence-electron chi connectivity index (χ2n) is 5.19. The summed E-state index contributed by atoms with van der Waals surface area (Å²) in [5.74, 6) is -1.56. The molecule has 23 heavy (non-hydrogen) atoms. The highest BCUT2D eigenvalue weighted by atomic mass is 16.4. The summed E-state index contributed by atoms with van der Waals surface area (Å²) < 4.78 is 0. The molecule has 0 bridgehead atoms. The summed E-state index contributed by atoms with van der Waals surface area (Å²) in [6.07, 6.45) is 3.19. The second kappa shape index (κ2) is 8.65. The van der Waals surface area contributed by atoms with Gasteiger partial charge >= 0.3 is 0 Å². The first-order valence-electron chi connectivity index (χ1n) is 7.39. The van der Waals surface area contributed by atoms with Crippen LogP contribution in [0.25, 0.3) is 0 Å². The van der Waals surface area contributed by atoms with Crippen LogP contribution in [0.4, 0.5) is 0 Å². The largest absolute Gasteiger partial charge is 0.544 e. The molecule has 2 aromatic rings. The quantitative estimate of drug-likeness (QED) is 0.651. The molecule has 120 valence electrons. The summed E-state index contributed by atoms with van der Waals surface area (Å²) >= 11 is 0. The molecule has 6 nitrogen and oxygen atoms in total. The third-order valence-electron chi connectivity index (χ3n) is 3.40. The van der Waals surface area contributed by atoms with Crippen molar-refractivity contribution < 1.29 is 20.0 Å². The molecule has 0 aliphatic carbocycles. The summed E-state index contributed by atoms with van der Waals surface area (Å²) in [7, 11) is 0. The van der Waals surface area contributed by atoms with Gasteiger partial charge in [-0.25, -0.2) is 0 Å². The molecule has 2 rings (SSSR count). The van der Waals surface area contributed by atoms with Crippen LogP contribution in [0.15, 0.2) is 54.9 Å². The van der Waals surface area contributed by atoms with Gasteiger partial charge in [-0.15, -0.1) is 0 Å². The number of nitrogens with one attached hydrogen (secondary N) is 1. The highest BCUT2D eigenvalue weighted by Crippen LogP contribution is 1.98. The lowest BCUT2D eigenvalue weighted by molar-refractivity contribution is -0.697. The lowest BCUT2D eigenvalue weighted by atomic mass is 10.1. The highest BCUT2D eigenvalue weighted by Gasteiger charge is 2.18. The minimum atomic E-state index is -1.25. The Kier molecular flexibility index (Phi) is 6.26. The molecule has 1 amide bonds. The molecule has 3 N–H and O–H groups in total. The van der Waals surface area contributed by atoms with E-state index in [1.54, 1.807) is 23.8 Å². The number of carbonyl (C=O) groups is 2. The number of hydrogen-bond donors (Lipinski definition) is 2. The van der Waals surface area contributed by atoms with Crippen LogP contribution in [-0.2, 0) is 22.7 Å². The standard InChI is InChI=1S/C17H19N3O3/c21-16(20-11-13-5-2-1-3-6-13)9-15(17(22)23)19-12-14-7-4-8-18-10-14/h1-8,10,15,19H,9,11-12H2,(H,20,21)(H,22,23)/t15-/m1/s1. The molecule has 0 unspecified atom stereocenters. The zero-order valence-electron chi connectivity index (χ0n) is 12.6. The molecule has 0 radical (unpaired) electrons. The Hall–Kier alpha value is -2.73. The number of quaternary nitrogens is 1. The van der Waals surface area contributed by atoms with Crippen LogP contribution in [-0.4, -0.2) is 22.9 Å². The number of benzene rings is 1. The fourth-order valence-electron chi connectivity index (χ4n) is 2.13. The Balaban J connectivity index is 1.81. The van der Waals surface area contributed by atoms with Crippen molar-refractivity contribution in [2.24, 2.45) is 0 Å². The van der Waals surface area contributed by atoms with Gasteiger partial charge < -0.3 is 20.5 Å². The molecule has 0 saturated carbocycles. The third-order valence-corrected chi connectivity index (χ3v) is 3.40. The number of rotatable bonds is 8. The highest BCUT2D eigenvalue weighted by molar-refractivity contribution is 5.82. The molecule has 0 saturated heterocycles. The smallest absolute Gasteiger partial charge is 0.226 e. The van der Waals surface area contributed by atoms with Crippen LogP contribution < -0.4 is 15.7 Å². The van der Waals surface area contributed by atoms with Crippen LogP contribution in [0.3, 0.4) is 0 Å². The predicted octanol–water partition coefficient (Wildman–Crippen LogP) is -1.03. The van der Waals surface area contributed by atoms with Gasteiger partial charge in [0.15, 0.2) is 0 Å². The van der Waals surface area contributed by atoms with Crippen LogP contribution in [0.2, 0.25) is 0 Å². The van der Waals surface area contributed by atoms with Crippen molar-refractivity contribution in [3.8, 4) is 0 Å². The minimum absolute atomic E-state index is 0.130. The molecule has 0 fully saturated rings. The third kappa shape index (κ3) is 5.88. The number of carboxylic acid groups (broad SMARTS) is 1. The number of nitrogens with zero attached hydrogens (tertiary/aromatic N) is 1.